The number of aryl methyl sites for hydroxylation is 1. The fourth-order valence-electron chi connectivity index (χ4n) is 6.16. The summed E-state index contributed by atoms with van der Waals surface area (Å²) in [6.45, 7) is 4.46. The number of hydrogen-bond donors (Lipinski definition) is 2. The average Bonchev–Trinajstić information content (AvgIpc) is 3.53. The van der Waals surface area contributed by atoms with Crippen LogP contribution in [-0.4, -0.2) is 45.1 Å². The molecule has 1 fully saturated rings. The number of nitrogens with zero attached hydrogens (tertiary/aromatic N) is 3. The smallest absolute Gasteiger partial charge is 0.339 e. The zero-order valence-corrected chi connectivity index (χ0v) is 25.6. The first kappa shape index (κ1) is 29.1. The van der Waals surface area contributed by atoms with E-state index < -0.39 is 5.97 Å². The van der Waals surface area contributed by atoms with E-state index in [1.807, 2.05) is 92.7 Å². The highest BCUT2D eigenvalue weighted by atomic mass is 32.1. The highest BCUT2D eigenvalue weighted by molar-refractivity contribution is 7.80. The summed E-state index contributed by atoms with van der Waals surface area (Å²) in [7, 11) is 1.39. The van der Waals surface area contributed by atoms with Crippen LogP contribution in [0.15, 0.2) is 97.2 Å². The van der Waals surface area contributed by atoms with Crippen LogP contribution in [0.1, 0.15) is 51.5 Å². The summed E-state index contributed by atoms with van der Waals surface area (Å²) < 4.78 is 7.15. The topological polar surface area (TPSA) is 88.5 Å². The summed E-state index contributed by atoms with van der Waals surface area (Å²) in [6.07, 6.45) is 2.01. The van der Waals surface area contributed by atoms with E-state index >= 15 is 0 Å². The number of pyridine rings is 1. The number of para-hydroxylation sites is 1. The molecule has 1 saturated heterocycles. The van der Waals surface area contributed by atoms with Gasteiger partial charge < -0.3 is 24.8 Å². The van der Waals surface area contributed by atoms with Crippen LogP contribution in [0.4, 0.5) is 5.69 Å². The Balaban J connectivity index is 1.34. The van der Waals surface area contributed by atoms with E-state index in [1.165, 1.54) is 7.11 Å². The molecule has 9 heteroatoms. The number of methoxy groups -OCH3 is 1. The van der Waals surface area contributed by atoms with Crippen molar-refractivity contribution in [3.8, 4) is 5.69 Å². The van der Waals surface area contributed by atoms with Crippen molar-refractivity contribution in [3.05, 3.63) is 125 Å². The van der Waals surface area contributed by atoms with Crippen molar-refractivity contribution in [2.75, 3.05) is 19.0 Å². The van der Waals surface area contributed by atoms with Crippen molar-refractivity contribution in [3.63, 3.8) is 0 Å². The molecule has 0 radical (unpaired) electrons. The first-order chi connectivity index (χ1) is 21.4. The van der Waals surface area contributed by atoms with Gasteiger partial charge in [-0.15, -0.1) is 0 Å². The third-order valence-corrected chi connectivity index (χ3v) is 8.53. The molecular formula is C35H33N5O3S. The Hall–Kier alpha value is -5.02. The molecule has 0 bridgehead atoms. The van der Waals surface area contributed by atoms with Gasteiger partial charge in [0.1, 0.15) is 0 Å². The summed E-state index contributed by atoms with van der Waals surface area (Å²) >= 11 is 5.87. The van der Waals surface area contributed by atoms with Gasteiger partial charge in [-0.1, -0.05) is 54.6 Å². The van der Waals surface area contributed by atoms with Crippen molar-refractivity contribution in [2.45, 2.75) is 32.4 Å². The molecule has 0 spiro atoms. The van der Waals surface area contributed by atoms with Crippen LogP contribution in [0.3, 0.4) is 0 Å². The maximum atomic E-state index is 13.3. The first-order valence-electron chi connectivity index (χ1n) is 14.5. The standard InChI is InChI=1S/C35H33N5O3S/c1-22-21-27(23(2)40(22)30-17-7-6-14-26(30)34(42)43-3)33-32(29-15-8-9-19-36-29)38-35(44)39(33)20-18-31(41)37-28-16-10-12-24-11-4-5-13-25(24)28/h4-17,19,21,32-33H,18,20H2,1-3H3,(H,37,41)(H,38,44)/t32-,33+/m1/s1. The molecule has 6 rings (SSSR count). The van der Waals surface area contributed by atoms with Gasteiger partial charge in [0.25, 0.3) is 0 Å². The normalized spacial score (nSPS) is 16.2. The van der Waals surface area contributed by atoms with Crippen molar-refractivity contribution < 1.29 is 14.3 Å². The van der Waals surface area contributed by atoms with Gasteiger partial charge in [0.2, 0.25) is 5.91 Å². The number of rotatable bonds is 8. The lowest BCUT2D eigenvalue weighted by atomic mass is 9.96. The van der Waals surface area contributed by atoms with Gasteiger partial charge in [-0.2, -0.15) is 0 Å². The summed E-state index contributed by atoms with van der Waals surface area (Å²) in [6, 6.07) is 28.8. The number of carbonyl (C=O) groups excluding carboxylic acids is 2. The van der Waals surface area contributed by atoms with E-state index in [4.69, 9.17) is 17.0 Å². The number of thiocarbonyl (C=S) groups is 1. The van der Waals surface area contributed by atoms with Crippen LogP contribution in [0, 0.1) is 13.8 Å². The molecule has 2 aromatic heterocycles. The zero-order chi connectivity index (χ0) is 30.8. The lowest BCUT2D eigenvalue weighted by Gasteiger charge is -2.28. The van der Waals surface area contributed by atoms with Gasteiger partial charge in [-0.05, 0) is 73.4 Å². The number of hydrogen-bond acceptors (Lipinski definition) is 5. The lowest BCUT2D eigenvalue weighted by molar-refractivity contribution is -0.116. The number of ether oxygens (including phenoxy) is 1. The van der Waals surface area contributed by atoms with Crippen LogP contribution < -0.4 is 10.6 Å². The number of benzene rings is 3. The molecule has 222 valence electrons. The maximum Gasteiger partial charge on any atom is 0.339 e. The van der Waals surface area contributed by atoms with Crippen LogP contribution >= 0.6 is 12.2 Å². The first-order valence-corrected chi connectivity index (χ1v) is 14.9. The summed E-state index contributed by atoms with van der Waals surface area (Å²) in [5.41, 5.74) is 5.80. The fourth-order valence-corrected chi connectivity index (χ4v) is 6.49. The minimum Gasteiger partial charge on any atom is -0.465 e. The van der Waals surface area contributed by atoms with Crippen LogP contribution in [-0.2, 0) is 9.53 Å². The number of esters is 1. The molecule has 1 aliphatic rings. The van der Waals surface area contributed by atoms with E-state index in [-0.39, 0.29) is 24.4 Å². The third-order valence-electron chi connectivity index (χ3n) is 8.18. The minimum absolute atomic E-state index is 0.0957. The number of carbonyl (C=O) groups is 2. The molecule has 44 heavy (non-hydrogen) atoms. The molecule has 0 aliphatic carbocycles. The molecular weight excluding hydrogens is 570 g/mol. The quantitative estimate of drug-likeness (QED) is 0.156. The van der Waals surface area contributed by atoms with E-state index in [1.54, 1.807) is 12.3 Å². The number of aromatic nitrogens is 2. The second-order valence-corrected chi connectivity index (χ2v) is 11.2. The number of amides is 1. The van der Waals surface area contributed by atoms with Gasteiger partial charge in [0.05, 0.1) is 36.1 Å². The molecule has 1 amide bonds. The summed E-state index contributed by atoms with van der Waals surface area (Å²) in [4.78, 5) is 32.7. The molecule has 0 unspecified atom stereocenters. The van der Waals surface area contributed by atoms with Gasteiger partial charge >= 0.3 is 5.97 Å². The lowest BCUT2D eigenvalue weighted by Crippen LogP contribution is -2.33. The molecule has 5 aromatic rings. The maximum absolute atomic E-state index is 13.3. The minimum atomic E-state index is -0.399. The van der Waals surface area contributed by atoms with Gasteiger partial charge in [0.15, 0.2) is 5.11 Å². The fraction of sp³-hybridized carbons (Fsp3) is 0.200. The van der Waals surface area contributed by atoms with Gasteiger partial charge in [-0.25, -0.2) is 4.79 Å². The third kappa shape index (κ3) is 5.42. The van der Waals surface area contributed by atoms with Crippen LogP contribution in [0.2, 0.25) is 0 Å². The van der Waals surface area contributed by atoms with Crippen molar-refractivity contribution in [1.29, 1.82) is 0 Å². The second kappa shape index (κ2) is 12.3. The van der Waals surface area contributed by atoms with Gasteiger partial charge in [-0.3, -0.25) is 9.78 Å². The molecule has 2 atom stereocenters. The predicted octanol–water partition coefficient (Wildman–Crippen LogP) is 6.43. The second-order valence-electron chi connectivity index (χ2n) is 10.8. The van der Waals surface area contributed by atoms with Crippen molar-refractivity contribution in [2.24, 2.45) is 0 Å². The molecule has 3 aromatic carbocycles. The summed E-state index contributed by atoms with van der Waals surface area (Å²) in [5.74, 6) is -0.495. The van der Waals surface area contributed by atoms with Crippen LogP contribution in [0.5, 0.6) is 0 Å². The van der Waals surface area contributed by atoms with Gasteiger partial charge in [0, 0.05) is 41.6 Å². The predicted molar refractivity (Wildman–Crippen MR) is 176 cm³/mol. The van der Waals surface area contributed by atoms with Crippen LogP contribution in [0.25, 0.3) is 16.5 Å². The molecule has 2 N–H and O–H groups in total. The highest BCUT2D eigenvalue weighted by Crippen LogP contribution is 2.41. The summed E-state index contributed by atoms with van der Waals surface area (Å²) in [5, 5.41) is 9.20. The van der Waals surface area contributed by atoms with E-state index in [0.717, 1.165) is 44.8 Å². The Bertz CT molecular complexity index is 1860. The average molecular weight is 604 g/mol. The Kier molecular flexibility index (Phi) is 8.13. The van der Waals surface area contributed by atoms with E-state index in [9.17, 15) is 9.59 Å². The Labute approximate surface area is 261 Å². The highest BCUT2D eigenvalue weighted by Gasteiger charge is 2.41. The van der Waals surface area contributed by atoms with E-state index in [0.29, 0.717) is 17.2 Å². The monoisotopic (exact) mass is 603 g/mol. The number of anilines is 1. The number of fused-ring (bicyclic) bond motifs is 1. The Morgan fingerprint density at radius 1 is 0.977 bits per heavy atom. The van der Waals surface area contributed by atoms with Crippen molar-refractivity contribution in [1.82, 2.24) is 19.8 Å². The molecule has 8 nitrogen and oxygen atoms in total. The number of nitrogens with one attached hydrogen (secondary N) is 2. The van der Waals surface area contributed by atoms with Crippen molar-refractivity contribution >= 4 is 45.7 Å². The molecule has 3 heterocycles. The SMILES string of the molecule is COC(=O)c1ccccc1-n1c(C)cc([C@H]2[C@@H](c3ccccn3)NC(=S)N2CCC(=O)Nc2cccc3ccccc23)c1C. The largest absolute Gasteiger partial charge is 0.465 e. The van der Waals surface area contributed by atoms with E-state index in [2.05, 4.69) is 31.2 Å². The zero-order valence-electron chi connectivity index (χ0n) is 24.8. The Morgan fingerprint density at radius 3 is 2.52 bits per heavy atom. The Morgan fingerprint density at radius 2 is 1.73 bits per heavy atom. The molecule has 0 saturated carbocycles. The molecule has 1 aliphatic heterocycles.